The van der Waals surface area contributed by atoms with E-state index in [2.05, 4.69) is 5.92 Å². The van der Waals surface area contributed by atoms with Gasteiger partial charge in [0.2, 0.25) is 5.91 Å². The van der Waals surface area contributed by atoms with Crippen LogP contribution in [0.2, 0.25) is 0 Å². The molecule has 72 valence electrons. The quantitative estimate of drug-likeness (QED) is 0.581. The molecule has 1 aliphatic rings. The van der Waals surface area contributed by atoms with Gasteiger partial charge in [0.05, 0.1) is 6.54 Å². The Kier molecular flexibility index (Phi) is 3.78. The van der Waals surface area contributed by atoms with E-state index < -0.39 is 0 Å². The Morgan fingerprint density at radius 2 is 2.23 bits per heavy atom. The van der Waals surface area contributed by atoms with Crippen molar-refractivity contribution in [1.82, 2.24) is 4.90 Å². The third kappa shape index (κ3) is 2.74. The van der Waals surface area contributed by atoms with Gasteiger partial charge in [-0.05, 0) is 12.8 Å². The lowest BCUT2D eigenvalue weighted by molar-refractivity contribution is -0.136. The van der Waals surface area contributed by atoms with Gasteiger partial charge in [-0.2, -0.15) is 0 Å². The zero-order chi connectivity index (χ0) is 9.68. The van der Waals surface area contributed by atoms with Crippen LogP contribution >= 0.6 is 0 Å². The molecule has 1 rings (SSSR count). The predicted octanol–water partition coefficient (Wildman–Crippen LogP) is 0.505. The highest BCUT2D eigenvalue weighted by Crippen LogP contribution is 2.16. The fraction of sp³-hybridized carbons (Fsp3) is 0.700. The van der Waals surface area contributed by atoms with Crippen molar-refractivity contribution in [2.45, 2.75) is 12.8 Å². The first-order chi connectivity index (χ1) is 6.25. The van der Waals surface area contributed by atoms with Gasteiger partial charge in [-0.3, -0.25) is 4.79 Å². The van der Waals surface area contributed by atoms with Crippen LogP contribution in [0.15, 0.2) is 0 Å². The summed E-state index contributed by atoms with van der Waals surface area (Å²) in [6.07, 6.45) is 6.78. The molecule has 0 aliphatic carbocycles. The van der Waals surface area contributed by atoms with Crippen molar-refractivity contribution in [3.8, 4) is 12.3 Å². The summed E-state index contributed by atoms with van der Waals surface area (Å²) in [6, 6.07) is 0. The van der Waals surface area contributed by atoms with E-state index in [4.69, 9.17) is 11.2 Å². The molecule has 0 saturated carbocycles. The number of amides is 1. The van der Waals surface area contributed by atoms with Crippen LogP contribution in [-0.4, -0.2) is 37.6 Å². The van der Waals surface area contributed by atoms with Crippen molar-refractivity contribution in [3.05, 3.63) is 0 Å². The summed E-state index contributed by atoms with van der Waals surface area (Å²) < 4.78 is 5.18. The molecule has 0 atom stereocenters. The molecule has 1 aliphatic heterocycles. The molecule has 1 amide bonds. The molecule has 1 fully saturated rings. The molecule has 0 unspecified atom stereocenters. The lowest BCUT2D eigenvalue weighted by Gasteiger charge is -2.25. The van der Waals surface area contributed by atoms with E-state index in [0.717, 1.165) is 12.8 Å². The minimum absolute atomic E-state index is 0.118. The summed E-state index contributed by atoms with van der Waals surface area (Å²) in [5.74, 6) is 2.73. The van der Waals surface area contributed by atoms with Gasteiger partial charge in [0.15, 0.2) is 0 Å². The highest BCUT2D eigenvalue weighted by Gasteiger charge is 2.23. The molecule has 1 saturated heterocycles. The van der Waals surface area contributed by atoms with Gasteiger partial charge in [-0.25, -0.2) is 0 Å². The molecule has 0 aromatic rings. The van der Waals surface area contributed by atoms with E-state index in [1.54, 1.807) is 11.9 Å². The first-order valence-corrected chi connectivity index (χ1v) is 4.52. The number of terminal acetylenes is 1. The number of carbonyl (C=O) groups is 1. The van der Waals surface area contributed by atoms with Crippen LogP contribution in [-0.2, 0) is 9.53 Å². The largest absolute Gasteiger partial charge is 0.381 e. The van der Waals surface area contributed by atoms with Crippen LogP contribution in [0.1, 0.15) is 12.8 Å². The van der Waals surface area contributed by atoms with Crippen LogP contribution in [0.3, 0.4) is 0 Å². The maximum Gasteiger partial charge on any atom is 0.226 e. The topological polar surface area (TPSA) is 29.5 Å². The second-order valence-corrected chi connectivity index (χ2v) is 3.29. The Hall–Kier alpha value is -1.01. The second-order valence-electron chi connectivity index (χ2n) is 3.29. The predicted molar refractivity (Wildman–Crippen MR) is 50.0 cm³/mol. The molecule has 3 nitrogen and oxygen atoms in total. The van der Waals surface area contributed by atoms with E-state index in [1.807, 2.05) is 0 Å². The van der Waals surface area contributed by atoms with Crippen LogP contribution in [0.25, 0.3) is 0 Å². The van der Waals surface area contributed by atoms with E-state index >= 15 is 0 Å². The minimum Gasteiger partial charge on any atom is -0.381 e. The van der Waals surface area contributed by atoms with E-state index in [-0.39, 0.29) is 11.8 Å². The third-order valence-electron chi connectivity index (χ3n) is 2.28. The van der Waals surface area contributed by atoms with E-state index in [0.29, 0.717) is 19.8 Å². The van der Waals surface area contributed by atoms with Crippen molar-refractivity contribution >= 4 is 5.91 Å². The molecule has 0 bridgehead atoms. The van der Waals surface area contributed by atoms with Gasteiger partial charge in [-0.1, -0.05) is 5.92 Å². The molecule has 0 aromatic carbocycles. The fourth-order valence-corrected chi connectivity index (χ4v) is 1.47. The maximum atomic E-state index is 11.7. The summed E-state index contributed by atoms with van der Waals surface area (Å²) >= 11 is 0. The summed E-state index contributed by atoms with van der Waals surface area (Å²) in [5, 5.41) is 0. The SMILES string of the molecule is C#CCN(C)C(=O)C1CCOCC1. The van der Waals surface area contributed by atoms with Crippen molar-refractivity contribution in [2.75, 3.05) is 26.8 Å². The van der Waals surface area contributed by atoms with Crippen LogP contribution < -0.4 is 0 Å². The maximum absolute atomic E-state index is 11.7. The second kappa shape index (κ2) is 4.88. The normalized spacial score (nSPS) is 17.8. The van der Waals surface area contributed by atoms with Crippen LogP contribution in [0.4, 0.5) is 0 Å². The summed E-state index contributed by atoms with van der Waals surface area (Å²) in [4.78, 5) is 13.3. The molecule has 13 heavy (non-hydrogen) atoms. The third-order valence-corrected chi connectivity index (χ3v) is 2.28. The average molecular weight is 181 g/mol. The van der Waals surface area contributed by atoms with Gasteiger partial charge >= 0.3 is 0 Å². The van der Waals surface area contributed by atoms with Gasteiger partial charge in [0.1, 0.15) is 0 Å². The van der Waals surface area contributed by atoms with Crippen molar-refractivity contribution in [2.24, 2.45) is 5.92 Å². The van der Waals surface area contributed by atoms with Crippen molar-refractivity contribution in [1.29, 1.82) is 0 Å². The lowest BCUT2D eigenvalue weighted by atomic mass is 9.99. The van der Waals surface area contributed by atoms with Gasteiger partial charge in [0, 0.05) is 26.2 Å². The number of carbonyl (C=O) groups excluding carboxylic acids is 1. The highest BCUT2D eigenvalue weighted by atomic mass is 16.5. The smallest absolute Gasteiger partial charge is 0.226 e. The molecule has 1 heterocycles. The molecular weight excluding hydrogens is 166 g/mol. The average Bonchev–Trinajstić information content (AvgIpc) is 2.18. The van der Waals surface area contributed by atoms with E-state index in [1.165, 1.54) is 0 Å². The summed E-state index contributed by atoms with van der Waals surface area (Å²) in [6.45, 7) is 1.79. The highest BCUT2D eigenvalue weighted by molar-refractivity contribution is 5.78. The summed E-state index contributed by atoms with van der Waals surface area (Å²) in [7, 11) is 1.75. The van der Waals surface area contributed by atoms with Gasteiger partial charge < -0.3 is 9.64 Å². The lowest BCUT2D eigenvalue weighted by Crippen LogP contribution is -2.36. The molecule has 3 heteroatoms. The van der Waals surface area contributed by atoms with Crippen LogP contribution in [0.5, 0.6) is 0 Å². The molecule has 0 aromatic heterocycles. The van der Waals surface area contributed by atoms with Crippen molar-refractivity contribution < 1.29 is 9.53 Å². The fourth-order valence-electron chi connectivity index (χ4n) is 1.47. The Morgan fingerprint density at radius 3 is 2.77 bits per heavy atom. The van der Waals surface area contributed by atoms with E-state index in [9.17, 15) is 4.79 Å². The Balaban J connectivity index is 2.41. The van der Waals surface area contributed by atoms with Gasteiger partial charge in [0.25, 0.3) is 0 Å². The minimum atomic E-state index is 0.118. The zero-order valence-electron chi connectivity index (χ0n) is 7.95. The number of nitrogens with zero attached hydrogens (tertiary/aromatic N) is 1. The zero-order valence-corrected chi connectivity index (χ0v) is 7.95. The number of hydrogen-bond acceptors (Lipinski definition) is 2. The number of hydrogen-bond donors (Lipinski definition) is 0. The van der Waals surface area contributed by atoms with Gasteiger partial charge in [-0.15, -0.1) is 6.42 Å². The van der Waals surface area contributed by atoms with Crippen molar-refractivity contribution in [3.63, 3.8) is 0 Å². The molecule has 0 spiro atoms. The first kappa shape index (κ1) is 10.1. The van der Waals surface area contributed by atoms with Crippen LogP contribution in [0, 0.1) is 18.3 Å². The molecule has 0 N–H and O–H groups in total. The molecule has 0 radical (unpaired) electrons. The standard InChI is InChI=1S/C10H15NO2/c1-3-6-11(2)10(12)9-4-7-13-8-5-9/h1,9H,4-8H2,2H3. The molecular formula is C10H15NO2. The Labute approximate surface area is 79.1 Å². The monoisotopic (exact) mass is 181 g/mol. The summed E-state index contributed by atoms with van der Waals surface area (Å²) in [5.41, 5.74) is 0. The first-order valence-electron chi connectivity index (χ1n) is 4.52. The number of rotatable bonds is 2. The number of ether oxygens (including phenoxy) is 1. The Bertz CT molecular complexity index is 213. The Morgan fingerprint density at radius 1 is 1.62 bits per heavy atom.